The first-order valence-corrected chi connectivity index (χ1v) is 5.72. The van der Waals surface area contributed by atoms with Crippen LogP contribution in [0.1, 0.15) is 5.56 Å². The Kier molecular flexibility index (Phi) is 4.03. The van der Waals surface area contributed by atoms with Gasteiger partial charge >= 0.3 is 0 Å². The predicted molar refractivity (Wildman–Crippen MR) is 68.6 cm³/mol. The van der Waals surface area contributed by atoms with Gasteiger partial charge in [0.2, 0.25) is 0 Å². The summed E-state index contributed by atoms with van der Waals surface area (Å²) in [5, 5.41) is 0. The maximum Gasteiger partial charge on any atom is 0.122 e. The van der Waals surface area contributed by atoms with Crippen LogP contribution in [0.15, 0.2) is 54.6 Å². The summed E-state index contributed by atoms with van der Waals surface area (Å²) in [5.41, 5.74) is 1.15. The molecule has 0 atom stereocenters. The molecule has 88 valence electrons. The molecule has 0 N–H and O–H groups in total. The van der Waals surface area contributed by atoms with E-state index in [4.69, 9.17) is 9.47 Å². The van der Waals surface area contributed by atoms with Crippen molar-refractivity contribution in [1.29, 1.82) is 0 Å². The van der Waals surface area contributed by atoms with Crippen LogP contribution in [-0.2, 0) is 0 Å². The van der Waals surface area contributed by atoms with E-state index >= 15 is 0 Å². The Morgan fingerprint density at radius 2 is 1.41 bits per heavy atom. The maximum absolute atomic E-state index is 5.63. The van der Waals surface area contributed by atoms with Gasteiger partial charge in [0.25, 0.3) is 0 Å². The second kappa shape index (κ2) is 5.94. The Morgan fingerprint density at radius 1 is 0.765 bits per heavy atom. The predicted octanol–water partition coefficient (Wildman–Crippen LogP) is 3.45. The molecule has 2 aromatic carbocycles. The van der Waals surface area contributed by atoms with E-state index in [0.717, 1.165) is 17.1 Å². The minimum absolute atomic E-state index is 0.554. The van der Waals surface area contributed by atoms with Gasteiger partial charge in [-0.3, -0.25) is 0 Å². The van der Waals surface area contributed by atoms with Gasteiger partial charge < -0.3 is 9.47 Å². The number of aryl methyl sites for hydroxylation is 1. The zero-order valence-corrected chi connectivity index (χ0v) is 9.93. The first-order chi connectivity index (χ1) is 8.36. The van der Waals surface area contributed by atoms with E-state index in [1.807, 2.05) is 61.5 Å². The van der Waals surface area contributed by atoms with Crippen molar-refractivity contribution in [3.05, 3.63) is 60.2 Å². The normalized spacial score (nSPS) is 9.94. The highest BCUT2D eigenvalue weighted by molar-refractivity contribution is 5.31. The molecular weight excluding hydrogens is 212 g/mol. The molecule has 2 rings (SSSR count). The van der Waals surface area contributed by atoms with Crippen molar-refractivity contribution < 1.29 is 9.47 Å². The van der Waals surface area contributed by atoms with Crippen LogP contribution in [0.3, 0.4) is 0 Å². The van der Waals surface area contributed by atoms with Crippen LogP contribution in [0.5, 0.6) is 11.5 Å². The van der Waals surface area contributed by atoms with E-state index in [9.17, 15) is 0 Å². The largest absolute Gasteiger partial charge is 0.490 e. The molecule has 0 aromatic heterocycles. The van der Waals surface area contributed by atoms with E-state index < -0.39 is 0 Å². The molecule has 0 heterocycles. The second-order valence-corrected chi connectivity index (χ2v) is 3.78. The fraction of sp³-hybridized carbons (Fsp3) is 0.200. The Labute approximate surface area is 102 Å². The van der Waals surface area contributed by atoms with Crippen molar-refractivity contribution in [2.24, 2.45) is 0 Å². The minimum Gasteiger partial charge on any atom is -0.490 e. The average molecular weight is 228 g/mol. The lowest BCUT2D eigenvalue weighted by atomic mass is 10.2. The smallest absolute Gasteiger partial charge is 0.122 e. The third kappa shape index (κ3) is 3.52. The Balaban J connectivity index is 1.76. The molecule has 0 amide bonds. The lowest BCUT2D eigenvalue weighted by Crippen LogP contribution is -2.09. The Hall–Kier alpha value is -1.96. The lowest BCUT2D eigenvalue weighted by Gasteiger charge is -2.09. The number of rotatable bonds is 5. The van der Waals surface area contributed by atoms with Gasteiger partial charge in [0.1, 0.15) is 24.7 Å². The number of ether oxygens (including phenoxy) is 2. The molecule has 0 radical (unpaired) electrons. The zero-order chi connectivity index (χ0) is 11.9. The number of para-hydroxylation sites is 2. The van der Waals surface area contributed by atoms with Gasteiger partial charge in [-0.15, -0.1) is 0 Å². The van der Waals surface area contributed by atoms with E-state index in [2.05, 4.69) is 0 Å². The molecule has 2 nitrogen and oxygen atoms in total. The molecule has 0 aliphatic heterocycles. The van der Waals surface area contributed by atoms with Crippen LogP contribution in [-0.4, -0.2) is 13.2 Å². The summed E-state index contributed by atoms with van der Waals surface area (Å²) in [7, 11) is 0. The van der Waals surface area contributed by atoms with E-state index in [1.54, 1.807) is 0 Å². The van der Waals surface area contributed by atoms with Gasteiger partial charge in [0.15, 0.2) is 0 Å². The zero-order valence-electron chi connectivity index (χ0n) is 9.93. The van der Waals surface area contributed by atoms with Crippen molar-refractivity contribution in [1.82, 2.24) is 0 Å². The highest BCUT2D eigenvalue weighted by Gasteiger charge is 1.97. The van der Waals surface area contributed by atoms with Crippen molar-refractivity contribution in [3.63, 3.8) is 0 Å². The lowest BCUT2D eigenvalue weighted by molar-refractivity contribution is 0.216. The fourth-order valence-corrected chi connectivity index (χ4v) is 1.55. The van der Waals surface area contributed by atoms with Gasteiger partial charge in [-0.05, 0) is 30.7 Å². The molecule has 17 heavy (non-hydrogen) atoms. The topological polar surface area (TPSA) is 18.5 Å². The third-order valence-electron chi connectivity index (χ3n) is 2.45. The molecular formula is C15H16O2. The van der Waals surface area contributed by atoms with Crippen molar-refractivity contribution >= 4 is 0 Å². The van der Waals surface area contributed by atoms with Gasteiger partial charge in [-0.2, -0.15) is 0 Å². The summed E-state index contributed by atoms with van der Waals surface area (Å²) in [6.45, 7) is 3.14. The Morgan fingerprint density at radius 3 is 2.18 bits per heavy atom. The first kappa shape index (κ1) is 11.5. The molecule has 0 aliphatic carbocycles. The summed E-state index contributed by atoms with van der Waals surface area (Å²) in [6, 6.07) is 17.7. The highest BCUT2D eigenvalue weighted by Crippen LogP contribution is 2.16. The van der Waals surface area contributed by atoms with Crippen LogP contribution in [0, 0.1) is 6.92 Å². The summed E-state index contributed by atoms with van der Waals surface area (Å²) >= 11 is 0. The van der Waals surface area contributed by atoms with E-state index in [0.29, 0.717) is 13.2 Å². The van der Waals surface area contributed by atoms with Crippen LogP contribution in [0.4, 0.5) is 0 Å². The fourth-order valence-electron chi connectivity index (χ4n) is 1.55. The monoisotopic (exact) mass is 228 g/mol. The van der Waals surface area contributed by atoms with Crippen molar-refractivity contribution in [2.75, 3.05) is 13.2 Å². The van der Waals surface area contributed by atoms with Crippen molar-refractivity contribution in [2.45, 2.75) is 6.92 Å². The quantitative estimate of drug-likeness (QED) is 0.730. The van der Waals surface area contributed by atoms with E-state index in [1.165, 1.54) is 0 Å². The first-order valence-electron chi connectivity index (χ1n) is 5.72. The Bertz CT molecular complexity index is 451. The average Bonchev–Trinajstić information content (AvgIpc) is 2.38. The van der Waals surface area contributed by atoms with Crippen LogP contribution in [0.2, 0.25) is 0 Å². The standard InChI is InChI=1S/C15H16O2/c1-13-7-5-6-10-15(13)17-12-11-16-14-8-3-2-4-9-14/h2-10H,11-12H2,1H3. The number of hydrogen-bond acceptors (Lipinski definition) is 2. The minimum atomic E-state index is 0.554. The molecule has 0 fully saturated rings. The number of benzene rings is 2. The molecule has 2 aromatic rings. The second-order valence-electron chi connectivity index (χ2n) is 3.78. The SMILES string of the molecule is Cc1ccccc1OCCOc1ccccc1. The summed E-state index contributed by atoms with van der Waals surface area (Å²) in [4.78, 5) is 0. The van der Waals surface area contributed by atoms with Crippen molar-refractivity contribution in [3.8, 4) is 11.5 Å². The third-order valence-corrected chi connectivity index (χ3v) is 2.45. The van der Waals surface area contributed by atoms with Gasteiger partial charge in [0.05, 0.1) is 0 Å². The molecule has 0 aliphatic rings. The summed E-state index contributed by atoms with van der Waals surface area (Å²) in [6.07, 6.45) is 0. The molecule has 0 saturated heterocycles. The molecule has 0 spiro atoms. The van der Waals surface area contributed by atoms with E-state index in [-0.39, 0.29) is 0 Å². The van der Waals surface area contributed by atoms with Crippen LogP contribution in [0.25, 0.3) is 0 Å². The molecule has 0 bridgehead atoms. The number of hydrogen-bond donors (Lipinski definition) is 0. The maximum atomic E-state index is 5.63. The summed E-state index contributed by atoms with van der Waals surface area (Å²) in [5.74, 6) is 1.80. The molecule has 2 heteroatoms. The van der Waals surface area contributed by atoms with Gasteiger partial charge in [0, 0.05) is 0 Å². The van der Waals surface area contributed by atoms with Gasteiger partial charge in [-0.1, -0.05) is 36.4 Å². The van der Waals surface area contributed by atoms with Gasteiger partial charge in [-0.25, -0.2) is 0 Å². The highest BCUT2D eigenvalue weighted by atomic mass is 16.5. The molecule has 0 saturated carbocycles. The van der Waals surface area contributed by atoms with Crippen LogP contribution < -0.4 is 9.47 Å². The molecule has 0 unspecified atom stereocenters. The summed E-state index contributed by atoms with van der Waals surface area (Å²) < 4.78 is 11.2. The van der Waals surface area contributed by atoms with Crippen LogP contribution >= 0.6 is 0 Å².